The summed E-state index contributed by atoms with van der Waals surface area (Å²) < 4.78 is 8.02. The van der Waals surface area contributed by atoms with E-state index < -0.39 is 0 Å². The Labute approximate surface area is 198 Å². The van der Waals surface area contributed by atoms with Crippen LogP contribution in [0.3, 0.4) is 0 Å². The molecule has 2 heterocycles. The molecule has 0 fully saturated rings. The third-order valence-corrected chi connectivity index (χ3v) is 5.80. The number of ether oxygens (including phenoxy) is 1. The molecule has 0 unspecified atom stereocenters. The van der Waals surface area contributed by atoms with Crippen LogP contribution in [0.25, 0.3) is 27.8 Å². The average Bonchev–Trinajstić information content (AvgIpc) is 3.42. The number of para-hydroxylation sites is 1. The predicted octanol–water partition coefficient (Wildman–Crippen LogP) is 6.06. The Bertz CT molecular complexity index is 1480. The quantitative estimate of drug-likeness (QED) is 0.318. The maximum Gasteiger partial charge on any atom is 0.149 e. The first-order valence-electron chi connectivity index (χ1n) is 11.2. The second-order valence-corrected chi connectivity index (χ2v) is 8.34. The van der Waals surface area contributed by atoms with E-state index >= 15 is 0 Å². The SMILES string of the molecule is CC(C)c1ccccc1-c1nc2ccccc2c(OCc2ccc(-n3ccnn3)cc2)c1C#N. The van der Waals surface area contributed by atoms with Gasteiger partial charge in [-0.25, -0.2) is 9.67 Å². The Kier molecular flexibility index (Phi) is 5.75. The van der Waals surface area contributed by atoms with Crippen molar-refractivity contribution in [2.24, 2.45) is 0 Å². The van der Waals surface area contributed by atoms with E-state index in [-0.39, 0.29) is 0 Å². The van der Waals surface area contributed by atoms with E-state index in [2.05, 4.69) is 36.3 Å². The summed E-state index contributed by atoms with van der Waals surface area (Å²) in [6.07, 6.45) is 3.44. The molecule has 6 heteroatoms. The lowest BCUT2D eigenvalue weighted by Crippen LogP contribution is -2.03. The number of rotatable bonds is 6. The van der Waals surface area contributed by atoms with Gasteiger partial charge in [0, 0.05) is 10.9 Å². The van der Waals surface area contributed by atoms with Gasteiger partial charge >= 0.3 is 0 Å². The van der Waals surface area contributed by atoms with Gasteiger partial charge in [0.2, 0.25) is 0 Å². The molecule has 0 aliphatic carbocycles. The molecule has 5 rings (SSSR count). The van der Waals surface area contributed by atoms with Crippen LogP contribution >= 0.6 is 0 Å². The van der Waals surface area contributed by atoms with Crippen LogP contribution in [0.4, 0.5) is 0 Å². The van der Waals surface area contributed by atoms with Crippen molar-refractivity contribution in [1.82, 2.24) is 20.0 Å². The van der Waals surface area contributed by atoms with E-state index in [4.69, 9.17) is 9.72 Å². The highest BCUT2D eigenvalue weighted by Crippen LogP contribution is 2.38. The Morgan fingerprint density at radius 2 is 1.74 bits per heavy atom. The molecule has 0 saturated heterocycles. The summed E-state index contributed by atoms with van der Waals surface area (Å²) in [5, 5.41) is 18.9. The normalized spacial score (nSPS) is 11.0. The van der Waals surface area contributed by atoms with Gasteiger partial charge in [-0.15, -0.1) is 5.10 Å². The minimum absolute atomic E-state index is 0.295. The number of pyridine rings is 1. The Morgan fingerprint density at radius 1 is 0.971 bits per heavy atom. The van der Waals surface area contributed by atoms with Gasteiger partial charge in [-0.3, -0.25) is 0 Å². The zero-order valence-electron chi connectivity index (χ0n) is 19.0. The van der Waals surface area contributed by atoms with Crippen LogP contribution in [0.1, 0.15) is 36.5 Å². The van der Waals surface area contributed by atoms with Crippen LogP contribution in [0.5, 0.6) is 5.75 Å². The van der Waals surface area contributed by atoms with Crippen LogP contribution in [-0.2, 0) is 6.61 Å². The van der Waals surface area contributed by atoms with Gasteiger partial charge in [0.25, 0.3) is 0 Å². The fourth-order valence-electron chi connectivity index (χ4n) is 4.09. The number of benzene rings is 3. The van der Waals surface area contributed by atoms with Crippen LogP contribution in [-0.4, -0.2) is 20.0 Å². The highest BCUT2D eigenvalue weighted by molar-refractivity contribution is 5.92. The number of aromatic nitrogens is 4. The predicted molar refractivity (Wildman–Crippen MR) is 132 cm³/mol. The van der Waals surface area contributed by atoms with Crippen molar-refractivity contribution in [1.29, 1.82) is 5.26 Å². The smallest absolute Gasteiger partial charge is 0.149 e. The molecule has 2 aromatic heterocycles. The van der Waals surface area contributed by atoms with Crippen molar-refractivity contribution in [3.05, 3.63) is 102 Å². The van der Waals surface area contributed by atoms with Crippen LogP contribution < -0.4 is 4.74 Å². The molecule has 34 heavy (non-hydrogen) atoms. The molecule has 166 valence electrons. The third-order valence-electron chi connectivity index (χ3n) is 5.80. The number of nitriles is 1. The highest BCUT2D eigenvalue weighted by atomic mass is 16.5. The van der Waals surface area contributed by atoms with Gasteiger partial charge in [-0.05, 0) is 41.3 Å². The fourth-order valence-corrected chi connectivity index (χ4v) is 4.09. The highest BCUT2D eigenvalue weighted by Gasteiger charge is 2.20. The fraction of sp³-hybridized carbons (Fsp3) is 0.143. The first-order chi connectivity index (χ1) is 16.7. The first-order valence-corrected chi connectivity index (χ1v) is 11.2. The van der Waals surface area contributed by atoms with Gasteiger partial charge < -0.3 is 4.74 Å². The zero-order chi connectivity index (χ0) is 23.5. The molecule has 5 aromatic rings. The summed E-state index contributed by atoms with van der Waals surface area (Å²) in [6, 6.07) is 26.2. The first kappa shape index (κ1) is 21.4. The molecule has 0 N–H and O–H groups in total. The lowest BCUT2D eigenvalue weighted by atomic mass is 9.92. The molecule has 0 bridgehead atoms. The van der Waals surface area contributed by atoms with Crippen molar-refractivity contribution in [3.63, 3.8) is 0 Å². The van der Waals surface area contributed by atoms with E-state index in [1.54, 1.807) is 17.1 Å². The van der Waals surface area contributed by atoms with E-state index in [0.29, 0.717) is 29.5 Å². The number of fused-ring (bicyclic) bond motifs is 1. The van der Waals surface area contributed by atoms with Crippen LogP contribution in [0, 0.1) is 11.3 Å². The van der Waals surface area contributed by atoms with Crippen molar-refractivity contribution >= 4 is 10.9 Å². The molecule has 0 aliphatic rings. The molecule has 0 atom stereocenters. The number of nitrogens with zero attached hydrogens (tertiary/aromatic N) is 5. The van der Waals surface area contributed by atoms with Crippen molar-refractivity contribution in [2.75, 3.05) is 0 Å². The molecular formula is C28H23N5O. The molecule has 0 spiro atoms. The minimum atomic E-state index is 0.295. The number of hydrogen-bond acceptors (Lipinski definition) is 5. The monoisotopic (exact) mass is 445 g/mol. The average molecular weight is 446 g/mol. The summed E-state index contributed by atoms with van der Waals surface area (Å²) in [4.78, 5) is 4.90. The van der Waals surface area contributed by atoms with Gasteiger partial charge in [0.1, 0.15) is 24.0 Å². The van der Waals surface area contributed by atoms with Gasteiger partial charge in [-0.1, -0.05) is 67.6 Å². The molecule has 0 saturated carbocycles. The molecule has 0 aliphatic heterocycles. The number of hydrogen-bond donors (Lipinski definition) is 0. The second kappa shape index (κ2) is 9.16. The topological polar surface area (TPSA) is 76.6 Å². The van der Waals surface area contributed by atoms with Crippen LogP contribution in [0.2, 0.25) is 0 Å². The lowest BCUT2D eigenvalue weighted by Gasteiger charge is -2.17. The maximum atomic E-state index is 10.2. The largest absolute Gasteiger partial charge is 0.487 e. The molecular weight excluding hydrogens is 422 g/mol. The Balaban J connectivity index is 1.56. The summed E-state index contributed by atoms with van der Waals surface area (Å²) in [5.74, 6) is 0.853. The third kappa shape index (κ3) is 4.00. The van der Waals surface area contributed by atoms with Crippen molar-refractivity contribution in [3.8, 4) is 28.8 Å². The van der Waals surface area contributed by atoms with Gasteiger partial charge in [0.15, 0.2) is 0 Å². The zero-order valence-corrected chi connectivity index (χ0v) is 19.0. The Morgan fingerprint density at radius 3 is 2.47 bits per heavy atom. The van der Waals surface area contributed by atoms with Gasteiger partial charge in [0.05, 0.1) is 29.3 Å². The van der Waals surface area contributed by atoms with Crippen LogP contribution in [0.15, 0.2) is 85.2 Å². The van der Waals surface area contributed by atoms with Gasteiger partial charge in [-0.2, -0.15) is 5.26 Å². The van der Waals surface area contributed by atoms with Crippen molar-refractivity contribution in [2.45, 2.75) is 26.4 Å². The van der Waals surface area contributed by atoms with Crippen molar-refractivity contribution < 1.29 is 4.74 Å². The lowest BCUT2D eigenvalue weighted by molar-refractivity contribution is 0.309. The van der Waals surface area contributed by atoms with E-state index in [0.717, 1.165) is 33.3 Å². The molecule has 0 amide bonds. The van der Waals surface area contributed by atoms with E-state index in [1.807, 2.05) is 66.7 Å². The molecule has 6 nitrogen and oxygen atoms in total. The summed E-state index contributed by atoms with van der Waals surface area (Å²) >= 11 is 0. The minimum Gasteiger partial charge on any atom is -0.487 e. The summed E-state index contributed by atoms with van der Waals surface area (Å²) in [5.41, 5.74) is 5.91. The molecule has 3 aromatic carbocycles. The second-order valence-electron chi connectivity index (χ2n) is 8.34. The standard InChI is InChI=1S/C28H23N5O/c1-19(2)22-7-3-4-8-23(22)27-25(17-29)28(24-9-5-6-10-26(24)31-27)34-18-20-11-13-21(14-12-20)33-16-15-30-32-33/h3-16,19H,18H2,1-2H3. The molecule has 0 radical (unpaired) electrons. The van der Waals surface area contributed by atoms with E-state index in [1.165, 1.54) is 0 Å². The Hall–Kier alpha value is -4.50. The summed E-state index contributed by atoms with van der Waals surface area (Å²) in [7, 11) is 0. The van der Waals surface area contributed by atoms with E-state index in [9.17, 15) is 5.26 Å². The summed E-state index contributed by atoms with van der Waals surface area (Å²) in [6.45, 7) is 4.62. The maximum absolute atomic E-state index is 10.2.